The average molecular weight is 238 g/mol. The van der Waals surface area contributed by atoms with Gasteiger partial charge in [-0.3, -0.25) is 4.79 Å². The van der Waals surface area contributed by atoms with Gasteiger partial charge in [0.25, 0.3) is 0 Å². The summed E-state index contributed by atoms with van der Waals surface area (Å²) >= 11 is 0. The Hall–Kier alpha value is -1.39. The lowest BCUT2D eigenvalue weighted by atomic mass is 10.0. The Kier molecular flexibility index (Phi) is 7.18. The molecule has 0 bridgehead atoms. The molecule has 0 fully saturated rings. The SMILES string of the molecule is C=C(/C=C\C=C/C)[C@@H](O)[C@@H](C)N(C)C(=O)CN. The molecule has 0 aliphatic carbocycles. The molecule has 1 amide bonds. The summed E-state index contributed by atoms with van der Waals surface area (Å²) in [5, 5.41) is 9.99. The predicted octanol–water partition coefficient (Wildman–Crippen LogP) is 0.841. The Balaban J connectivity index is 4.53. The van der Waals surface area contributed by atoms with E-state index >= 15 is 0 Å². The molecule has 0 aromatic rings. The third-order valence-electron chi connectivity index (χ3n) is 2.63. The van der Waals surface area contributed by atoms with Gasteiger partial charge < -0.3 is 15.7 Å². The van der Waals surface area contributed by atoms with Crippen molar-refractivity contribution in [3.05, 3.63) is 36.5 Å². The van der Waals surface area contributed by atoms with Gasteiger partial charge in [-0.1, -0.05) is 30.9 Å². The van der Waals surface area contributed by atoms with Crippen molar-refractivity contribution >= 4 is 5.91 Å². The Bertz CT molecular complexity index is 321. The van der Waals surface area contributed by atoms with E-state index in [0.717, 1.165) is 0 Å². The molecule has 0 saturated heterocycles. The Morgan fingerprint density at radius 2 is 2.12 bits per heavy atom. The average Bonchev–Trinajstić information content (AvgIpc) is 2.35. The van der Waals surface area contributed by atoms with Crippen molar-refractivity contribution in [2.45, 2.75) is 26.0 Å². The monoisotopic (exact) mass is 238 g/mol. The normalized spacial score (nSPS) is 15.1. The van der Waals surface area contributed by atoms with E-state index in [1.807, 2.05) is 19.1 Å². The second-order valence-electron chi connectivity index (χ2n) is 3.85. The first-order chi connectivity index (χ1) is 7.95. The second-order valence-corrected chi connectivity index (χ2v) is 3.85. The predicted molar refractivity (Wildman–Crippen MR) is 70.4 cm³/mol. The fraction of sp³-hybridized carbons (Fsp3) is 0.462. The first-order valence-corrected chi connectivity index (χ1v) is 5.57. The van der Waals surface area contributed by atoms with Crippen LogP contribution in [0.25, 0.3) is 0 Å². The molecule has 0 aliphatic rings. The molecule has 96 valence electrons. The molecular formula is C13H22N2O2. The number of hydrogen-bond donors (Lipinski definition) is 2. The second kappa shape index (κ2) is 7.81. The number of carbonyl (C=O) groups excluding carboxylic acids is 1. The number of aliphatic hydroxyl groups is 1. The number of aliphatic hydroxyl groups excluding tert-OH is 1. The van der Waals surface area contributed by atoms with E-state index in [2.05, 4.69) is 6.58 Å². The molecule has 4 nitrogen and oxygen atoms in total. The number of rotatable bonds is 6. The maximum absolute atomic E-state index is 11.4. The van der Waals surface area contributed by atoms with Gasteiger partial charge in [0.15, 0.2) is 0 Å². The number of carbonyl (C=O) groups is 1. The molecule has 2 atom stereocenters. The van der Waals surface area contributed by atoms with Gasteiger partial charge in [-0.2, -0.15) is 0 Å². The van der Waals surface area contributed by atoms with E-state index in [1.54, 1.807) is 26.1 Å². The van der Waals surface area contributed by atoms with Crippen LogP contribution in [0.5, 0.6) is 0 Å². The van der Waals surface area contributed by atoms with Gasteiger partial charge in [-0.05, 0) is 19.4 Å². The van der Waals surface area contributed by atoms with E-state index in [0.29, 0.717) is 5.57 Å². The van der Waals surface area contributed by atoms with Crippen molar-refractivity contribution in [3.8, 4) is 0 Å². The van der Waals surface area contributed by atoms with Crippen molar-refractivity contribution < 1.29 is 9.90 Å². The molecule has 0 aromatic heterocycles. The smallest absolute Gasteiger partial charge is 0.236 e. The molecular weight excluding hydrogens is 216 g/mol. The summed E-state index contributed by atoms with van der Waals surface area (Å²) in [5.41, 5.74) is 5.83. The van der Waals surface area contributed by atoms with Crippen LogP contribution < -0.4 is 5.73 Å². The zero-order chi connectivity index (χ0) is 13.4. The zero-order valence-electron chi connectivity index (χ0n) is 10.8. The van der Waals surface area contributed by atoms with Crippen LogP contribution >= 0.6 is 0 Å². The van der Waals surface area contributed by atoms with Crippen molar-refractivity contribution in [2.75, 3.05) is 13.6 Å². The highest BCUT2D eigenvalue weighted by Crippen LogP contribution is 2.11. The Morgan fingerprint density at radius 1 is 1.53 bits per heavy atom. The quantitative estimate of drug-likeness (QED) is 0.674. The first-order valence-electron chi connectivity index (χ1n) is 5.57. The minimum atomic E-state index is -0.794. The van der Waals surface area contributed by atoms with Gasteiger partial charge in [0.1, 0.15) is 0 Å². The van der Waals surface area contributed by atoms with E-state index in [4.69, 9.17) is 5.73 Å². The van der Waals surface area contributed by atoms with E-state index in [-0.39, 0.29) is 18.5 Å². The maximum Gasteiger partial charge on any atom is 0.236 e. The number of nitrogens with zero attached hydrogens (tertiary/aromatic N) is 1. The van der Waals surface area contributed by atoms with Gasteiger partial charge in [0.2, 0.25) is 5.91 Å². The van der Waals surface area contributed by atoms with Crippen LogP contribution in [0.2, 0.25) is 0 Å². The highest BCUT2D eigenvalue weighted by atomic mass is 16.3. The standard InChI is InChI=1S/C13H22N2O2/c1-5-6-7-8-10(2)13(17)11(3)15(4)12(16)9-14/h5-8,11,13,17H,2,9,14H2,1,3-4H3/b6-5-,8-7-/t11-,13-/m1/s1. The summed E-state index contributed by atoms with van der Waals surface area (Å²) in [6.45, 7) is 7.37. The lowest BCUT2D eigenvalue weighted by Gasteiger charge is -2.29. The maximum atomic E-state index is 11.4. The minimum absolute atomic E-state index is 0.0611. The Morgan fingerprint density at radius 3 is 2.59 bits per heavy atom. The molecule has 17 heavy (non-hydrogen) atoms. The zero-order valence-corrected chi connectivity index (χ0v) is 10.8. The molecule has 0 aliphatic heterocycles. The molecule has 0 heterocycles. The molecule has 0 unspecified atom stereocenters. The number of nitrogens with two attached hydrogens (primary N) is 1. The van der Waals surface area contributed by atoms with E-state index in [9.17, 15) is 9.90 Å². The Labute approximate surface area is 103 Å². The lowest BCUT2D eigenvalue weighted by molar-refractivity contribution is -0.131. The third-order valence-corrected chi connectivity index (χ3v) is 2.63. The van der Waals surface area contributed by atoms with Crippen LogP contribution in [0.1, 0.15) is 13.8 Å². The van der Waals surface area contributed by atoms with Crippen LogP contribution in [0.4, 0.5) is 0 Å². The number of amides is 1. The minimum Gasteiger partial charge on any atom is -0.386 e. The van der Waals surface area contributed by atoms with Crippen LogP contribution in [0.3, 0.4) is 0 Å². The molecule has 0 radical (unpaired) electrons. The number of hydrogen-bond acceptors (Lipinski definition) is 3. The summed E-state index contributed by atoms with van der Waals surface area (Å²) in [6, 6.07) is -0.353. The molecule has 4 heteroatoms. The van der Waals surface area contributed by atoms with Crippen molar-refractivity contribution in [1.82, 2.24) is 4.90 Å². The molecule has 3 N–H and O–H groups in total. The number of likely N-dealkylation sites (N-methyl/N-ethyl adjacent to an activating group) is 1. The highest BCUT2D eigenvalue weighted by molar-refractivity contribution is 5.78. The number of allylic oxidation sites excluding steroid dienone is 3. The largest absolute Gasteiger partial charge is 0.386 e. The van der Waals surface area contributed by atoms with Gasteiger partial charge in [-0.25, -0.2) is 0 Å². The molecule has 0 saturated carbocycles. The lowest BCUT2D eigenvalue weighted by Crippen LogP contribution is -2.45. The van der Waals surface area contributed by atoms with Crippen LogP contribution in [-0.2, 0) is 4.79 Å². The van der Waals surface area contributed by atoms with Gasteiger partial charge in [-0.15, -0.1) is 0 Å². The highest BCUT2D eigenvalue weighted by Gasteiger charge is 2.22. The molecule has 0 rings (SSSR count). The van der Waals surface area contributed by atoms with E-state index in [1.165, 1.54) is 4.90 Å². The van der Waals surface area contributed by atoms with Crippen LogP contribution in [0, 0.1) is 0 Å². The van der Waals surface area contributed by atoms with Crippen LogP contribution in [-0.4, -0.2) is 41.7 Å². The third kappa shape index (κ3) is 4.97. The fourth-order valence-electron chi connectivity index (χ4n) is 1.28. The summed E-state index contributed by atoms with van der Waals surface area (Å²) < 4.78 is 0. The first kappa shape index (κ1) is 15.6. The van der Waals surface area contributed by atoms with Crippen LogP contribution in [0.15, 0.2) is 36.5 Å². The van der Waals surface area contributed by atoms with Gasteiger partial charge in [0.05, 0.1) is 18.7 Å². The molecule has 0 spiro atoms. The van der Waals surface area contributed by atoms with Gasteiger partial charge >= 0.3 is 0 Å². The van der Waals surface area contributed by atoms with Gasteiger partial charge in [0, 0.05) is 7.05 Å². The summed E-state index contributed by atoms with van der Waals surface area (Å²) in [7, 11) is 1.62. The van der Waals surface area contributed by atoms with E-state index < -0.39 is 6.10 Å². The summed E-state index contributed by atoms with van der Waals surface area (Å²) in [4.78, 5) is 12.8. The topological polar surface area (TPSA) is 66.6 Å². The van der Waals surface area contributed by atoms with Crippen molar-refractivity contribution in [2.24, 2.45) is 5.73 Å². The van der Waals surface area contributed by atoms with Crippen molar-refractivity contribution in [3.63, 3.8) is 0 Å². The fourth-order valence-corrected chi connectivity index (χ4v) is 1.28. The summed E-state index contributed by atoms with van der Waals surface area (Å²) in [5.74, 6) is -0.207. The summed E-state index contributed by atoms with van der Waals surface area (Å²) in [6.07, 6.45) is 6.45. The van der Waals surface area contributed by atoms with Crippen molar-refractivity contribution in [1.29, 1.82) is 0 Å². The molecule has 0 aromatic carbocycles.